The number of hydrogen-bond donors (Lipinski definition) is 1. The van der Waals surface area contributed by atoms with Crippen molar-refractivity contribution < 1.29 is 14.6 Å². The normalized spacial score (nSPS) is 18.7. The number of ether oxygens (including phenoxy) is 1. The molecule has 2 rings (SSSR count). The van der Waals surface area contributed by atoms with Crippen LogP contribution in [0.1, 0.15) is 31.4 Å². The van der Waals surface area contributed by atoms with Crippen molar-refractivity contribution >= 4 is 5.91 Å². The van der Waals surface area contributed by atoms with Crippen molar-refractivity contribution in [3.05, 3.63) is 11.6 Å². The number of aromatic nitrogens is 3. The van der Waals surface area contributed by atoms with Gasteiger partial charge in [0.2, 0.25) is 5.91 Å². The highest BCUT2D eigenvalue weighted by Crippen LogP contribution is 2.31. The molecule has 23 heavy (non-hydrogen) atoms. The number of rotatable bonds is 6. The first-order valence-electron chi connectivity index (χ1n) is 8.18. The molecule has 1 saturated heterocycles. The molecule has 1 aliphatic heterocycles. The van der Waals surface area contributed by atoms with E-state index in [2.05, 4.69) is 10.1 Å². The Balaban J connectivity index is 1.96. The average molecular weight is 324 g/mol. The predicted octanol–water partition coefficient (Wildman–Crippen LogP) is 0.779. The smallest absolute Gasteiger partial charge is 0.227 e. The lowest BCUT2D eigenvalue weighted by molar-refractivity contribution is -0.137. The van der Waals surface area contributed by atoms with Crippen molar-refractivity contribution in [2.45, 2.75) is 40.2 Å². The average Bonchev–Trinajstić information content (AvgIpc) is 2.84. The second kappa shape index (κ2) is 7.40. The van der Waals surface area contributed by atoms with Gasteiger partial charge in [-0.1, -0.05) is 6.92 Å². The number of aryl methyl sites for hydroxylation is 2. The molecule has 0 spiro atoms. The molecule has 1 aromatic heterocycles. The predicted molar refractivity (Wildman–Crippen MR) is 85.9 cm³/mol. The van der Waals surface area contributed by atoms with E-state index < -0.39 is 0 Å². The van der Waals surface area contributed by atoms with Crippen molar-refractivity contribution in [3.63, 3.8) is 0 Å². The Morgan fingerprint density at radius 2 is 2.09 bits per heavy atom. The zero-order valence-corrected chi connectivity index (χ0v) is 14.6. The molecule has 1 N–H and O–H groups in total. The van der Waals surface area contributed by atoms with Gasteiger partial charge >= 0.3 is 0 Å². The molecule has 0 bridgehead atoms. The summed E-state index contributed by atoms with van der Waals surface area (Å²) in [6, 6.07) is 0. The lowest BCUT2D eigenvalue weighted by Crippen LogP contribution is -2.46. The van der Waals surface area contributed by atoms with Gasteiger partial charge in [-0.05, 0) is 26.7 Å². The molecule has 1 atom stereocenters. The zero-order valence-electron chi connectivity index (χ0n) is 14.6. The third kappa shape index (κ3) is 4.29. The third-order valence-electron chi connectivity index (χ3n) is 4.67. The number of aliphatic hydroxyl groups excluding tert-OH is 1. The molecular weight excluding hydrogens is 296 g/mol. The molecule has 130 valence electrons. The summed E-state index contributed by atoms with van der Waals surface area (Å²) in [5.41, 5.74) is -0.234. The number of carbonyl (C=O) groups excluding carboxylic acids is 1. The summed E-state index contributed by atoms with van der Waals surface area (Å²) in [4.78, 5) is 18.7. The highest BCUT2D eigenvalue weighted by Gasteiger charge is 2.35. The molecule has 0 saturated carbocycles. The maximum absolute atomic E-state index is 12.6. The van der Waals surface area contributed by atoms with E-state index in [1.54, 1.807) is 9.58 Å². The van der Waals surface area contributed by atoms with Crippen LogP contribution in [0.15, 0.2) is 0 Å². The van der Waals surface area contributed by atoms with Crippen LogP contribution in [-0.4, -0.2) is 64.1 Å². The SMILES string of the molecule is Cc1nc(C)n(CC(C)C(=O)N(C)CC2(CO)CCOCC2)n1. The zero-order chi connectivity index (χ0) is 17.0. The maximum atomic E-state index is 12.6. The topological polar surface area (TPSA) is 80.5 Å². The molecule has 7 nitrogen and oxygen atoms in total. The summed E-state index contributed by atoms with van der Waals surface area (Å²) in [6.45, 7) is 8.11. The van der Waals surface area contributed by atoms with Gasteiger partial charge in [0.25, 0.3) is 0 Å². The van der Waals surface area contributed by atoms with E-state index >= 15 is 0 Å². The number of hydrogen-bond acceptors (Lipinski definition) is 5. The Kier molecular flexibility index (Phi) is 5.75. The van der Waals surface area contributed by atoms with Gasteiger partial charge in [0.1, 0.15) is 11.6 Å². The van der Waals surface area contributed by atoms with E-state index in [0.717, 1.165) is 24.5 Å². The fourth-order valence-corrected chi connectivity index (χ4v) is 3.20. The first-order chi connectivity index (χ1) is 10.9. The Morgan fingerprint density at radius 3 is 2.61 bits per heavy atom. The first kappa shape index (κ1) is 17.9. The van der Waals surface area contributed by atoms with Crippen molar-refractivity contribution in [2.24, 2.45) is 11.3 Å². The van der Waals surface area contributed by atoms with Crippen molar-refractivity contribution in [1.29, 1.82) is 0 Å². The van der Waals surface area contributed by atoms with Gasteiger partial charge in [0, 0.05) is 32.2 Å². The fourth-order valence-electron chi connectivity index (χ4n) is 3.20. The van der Waals surface area contributed by atoms with Gasteiger partial charge < -0.3 is 14.7 Å². The Morgan fingerprint density at radius 1 is 1.43 bits per heavy atom. The second-order valence-electron chi connectivity index (χ2n) is 6.75. The minimum atomic E-state index is -0.234. The minimum absolute atomic E-state index is 0.0665. The van der Waals surface area contributed by atoms with E-state index in [1.807, 2.05) is 27.8 Å². The largest absolute Gasteiger partial charge is 0.396 e. The van der Waals surface area contributed by atoms with Crippen LogP contribution in [0.5, 0.6) is 0 Å². The van der Waals surface area contributed by atoms with Crippen LogP contribution in [0.3, 0.4) is 0 Å². The van der Waals surface area contributed by atoms with Crippen LogP contribution >= 0.6 is 0 Å². The maximum Gasteiger partial charge on any atom is 0.227 e. The summed E-state index contributed by atoms with van der Waals surface area (Å²) in [7, 11) is 1.81. The highest BCUT2D eigenvalue weighted by molar-refractivity contribution is 5.78. The first-order valence-corrected chi connectivity index (χ1v) is 8.18. The molecule has 1 amide bonds. The van der Waals surface area contributed by atoms with Crippen LogP contribution in [0.4, 0.5) is 0 Å². The molecule has 1 fully saturated rings. The van der Waals surface area contributed by atoms with Crippen LogP contribution in [-0.2, 0) is 16.1 Å². The summed E-state index contributed by atoms with van der Waals surface area (Å²) < 4.78 is 7.16. The molecule has 1 aliphatic rings. The molecule has 0 aliphatic carbocycles. The summed E-state index contributed by atoms with van der Waals surface area (Å²) >= 11 is 0. The van der Waals surface area contributed by atoms with Crippen molar-refractivity contribution in [2.75, 3.05) is 33.4 Å². The van der Waals surface area contributed by atoms with E-state index in [0.29, 0.717) is 26.3 Å². The van der Waals surface area contributed by atoms with Gasteiger partial charge in [-0.2, -0.15) is 5.10 Å². The van der Waals surface area contributed by atoms with Gasteiger partial charge in [-0.25, -0.2) is 9.67 Å². The monoisotopic (exact) mass is 324 g/mol. The van der Waals surface area contributed by atoms with Gasteiger partial charge in [-0.15, -0.1) is 0 Å². The Bertz CT molecular complexity index is 537. The highest BCUT2D eigenvalue weighted by atomic mass is 16.5. The third-order valence-corrected chi connectivity index (χ3v) is 4.67. The van der Waals surface area contributed by atoms with E-state index in [1.165, 1.54) is 0 Å². The Hall–Kier alpha value is -1.47. The van der Waals surface area contributed by atoms with Gasteiger partial charge in [-0.3, -0.25) is 4.79 Å². The second-order valence-corrected chi connectivity index (χ2v) is 6.75. The molecule has 1 unspecified atom stereocenters. The molecular formula is C16H28N4O3. The van der Waals surface area contributed by atoms with Crippen molar-refractivity contribution in [1.82, 2.24) is 19.7 Å². The number of carbonyl (C=O) groups is 1. The van der Waals surface area contributed by atoms with Gasteiger partial charge in [0.15, 0.2) is 0 Å². The summed E-state index contributed by atoms with van der Waals surface area (Å²) in [5, 5.41) is 14.1. The van der Waals surface area contributed by atoms with E-state index in [9.17, 15) is 9.90 Å². The lowest BCUT2D eigenvalue weighted by atomic mass is 9.80. The van der Waals surface area contributed by atoms with Crippen LogP contribution < -0.4 is 0 Å². The van der Waals surface area contributed by atoms with Crippen molar-refractivity contribution in [3.8, 4) is 0 Å². The van der Waals surface area contributed by atoms with Gasteiger partial charge in [0.05, 0.1) is 19.1 Å². The number of nitrogens with zero attached hydrogens (tertiary/aromatic N) is 4. The summed E-state index contributed by atoms with van der Waals surface area (Å²) in [6.07, 6.45) is 1.58. The Labute approximate surface area is 137 Å². The molecule has 0 aromatic carbocycles. The van der Waals surface area contributed by atoms with E-state index in [-0.39, 0.29) is 23.8 Å². The van der Waals surface area contributed by atoms with Crippen LogP contribution in [0.2, 0.25) is 0 Å². The van der Waals surface area contributed by atoms with Crippen LogP contribution in [0, 0.1) is 25.2 Å². The van der Waals surface area contributed by atoms with Crippen LogP contribution in [0.25, 0.3) is 0 Å². The summed E-state index contributed by atoms with van der Waals surface area (Å²) in [5.74, 6) is 1.42. The molecule has 0 radical (unpaired) electrons. The molecule has 7 heteroatoms. The quantitative estimate of drug-likeness (QED) is 0.836. The number of aliphatic hydroxyl groups is 1. The molecule has 1 aromatic rings. The number of amides is 1. The van der Waals surface area contributed by atoms with E-state index in [4.69, 9.17) is 4.74 Å². The molecule has 2 heterocycles. The fraction of sp³-hybridized carbons (Fsp3) is 0.812. The lowest BCUT2D eigenvalue weighted by Gasteiger charge is -2.39. The minimum Gasteiger partial charge on any atom is -0.396 e. The standard InChI is InChI=1S/C16H28N4O3/c1-12(9-20-14(3)17-13(2)18-20)15(22)19(4)10-16(11-21)5-7-23-8-6-16/h12,21H,5-11H2,1-4H3.